The van der Waals surface area contributed by atoms with Crippen LogP contribution in [0.25, 0.3) is 0 Å². The molecule has 2 amide bonds. The molecule has 0 bridgehead atoms. The maximum atomic E-state index is 12.5. The summed E-state index contributed by atoms with van der Waals surface area (Å²) in [6.07, 6.45) is 4.06. The molecule has 1 fully saturated rings. The zero-order valence-electron chi connectivity index (χ0n) is 15.0. The van der Waals surface area contributed by atoms with Crippen LogP contribution in [0.5, 0.6) is 0 Å². The summed E-state index contributed by atoms with van der Waals surface area (Å²) in [7, 11) is 0. The Labute approximate surface area is 144 Å². The van der Waals surface area contributed by atoms with Gasteiger partial charge in [-0.25, -0.2) is 4.79 Å². The van der Waals surface area contributed by atoms with E-state index in [9.17, 15) is 9.59 Å². The molecule has 1 saturated carbocycles. The van der Waals surface area contributed by atoms with Crippen LogP contribution >= 0.6 is 0 Å². The summed E-state index contributed by atoms with van der Waals surface area (Å²) in [5, 5.41) is 5.79. The quantitative estimate of drug-likeness (QED) is 0.865. The third-order valence-corrected chi connectivity index (χ3v) is 4.20. The molecule has 1 aliphatic carbocycles. The smallest absolute Gasteiger partial charge is 0.412 e. The van der Waals surface area contributed by atoms with Crippen LogP contribution in [-0.4, -0.2) is 23.6 Å². The lowest BCUT2D eigenvalue weighted by atomic mass is 9.86. The maximum absolute atomic E-state index is 12.5. The fraction of sp³-hybridized carbons (Fsp3) is 0.579. The van der Waals surface area contributed by atoms with Crippen molar-refractivity contribution in [2.24, 2.45) is 5.92 Å². The molecule has 5 nitrogen and oxygen atoms in total. The summed E-state index contributed by atoms with van der Waals surface area (Å²) < 4.78 is 5.23. The summed E-state index contributed by atoms with van der Waals surface area (Å²) >= 11 is 0. The van der Waals surface area contributed by atoms with Crippen molar-refractivity contribution in [2.75, 3.05) is 5.32 Å². The summed E-state index contributed by atoms with van der Waals surface area (Å²) in [5.74, 6) is 0.410. The molecule has 2 atom stereocenters. The van der Waals surface area contributed by atoms with Gasteiger partial charge in [0.05, 0.1) is 0 Å². The first-order valence-electron chi connectivity index (χ1n) is 8.65. The number of rotatable bonds is 3. The number of anilines is 1. The van der Waals surface area contributed by atoms with Gasteiger partial charge in [-0.2, -0.15) is 0 Å². The van der Waals surface area contributed by atoms with Crippen molar-refractivity contribution in [1.82, 2.24) is 5.32 Å². The zero-order chi connectivity index (χ0) is 17.7. The minimum atomic E-state index is -0.559. The van der Waals surface area contributed by atoms with Gasteiger partial charge in [0.1, 0.15) is 5.60 Å². The van der Waals surface area contributed by atoms with E-state index in [1.807, 2.05) is 20.8 Å². The highest BCUT2D eigenvalue weighted by molar-refractivity contribution is 5.96. The summed E-state index contributed by atoms with van der Waals surface area (Å²) in [5.41, 5.74) is 0.533. The van der Waals surface area contributed by atoms with Crippen LogP contribution in [0.4, 0.5) is 10.5 Å². The van der Waals surface area contributed by atoms with E-state index in [1.165, 1.54) is 6.42 Å². The molecule has 1 aromatic rings. The standard InChI is InChI=1S/C19H28N2O3/c1-13-8-5-6-11-16(13)21-17(22)14-9-7-10-15(12-14)20-18(23)24-19(2,3)4/h7,9-10,12-13,16H,5-6,8,11H2,1-4H3,(H,20,23)(H,21,22)/t13-,16+/m1/s1. The Morgan fingerprint density at radius 2 is 1.88 bits per heavy atom. The maximum Gasteiger partial charge on any atom is 0.412 e. The fourth-order valence-electron chi connectivity index (χ4n) is 2.94. The highest BCUT2D eigenvalue weighted by atomic mass is 16.6. The van der Waals surface area contributed by atoms with Gasteiger partial charge in [-0.15, -0.1) is 0 Å². The van der Waals surface area contributed by atoms with Crippen molar-refractivity contribution < 1.29 is 14.3 Å². The Hall–Kier alpha value is -2.04. The van der Waals surface area contributed by atoms with Crippen molar-refractivity contribution in [3.05, 3.63) is 29.8 Å². The van der Waals surface area contributed by atoms with E-state index in [0.717, 1.165) is 19.3 Å². The van der Waals surface area contributed by atoms with Gasteiger partial charge < -0.3 is 10.1 Å². The van der Waals surface area contributed by atoms with E-state index in [4.69, 9.17) is 4.74 Å². The first-order valence-corrected chi connectivity index (χ1v) is 8.65. The van der Waals surface area contributed by atoms with Crippen LogP contribution < -0.4 is 10.6 Å². The van der Waals surface area contributed by atoms with Crippen molar-refractivity contribution in [3.8, 4) is 0 Å². The Morgan fingerprint density at radius 3 is 2.54 bits per heavy atom. The normalized spacial score (nSPS) is 21.0. The largest absolute Gasteiger partial charge is 0.444 e. The number of hydrogen-bond acceptors (Lipinski definition) is 3. The molecule has 132 valence electrons. The summed E-state index contributed by atoms with van der Waals surface area (Å²) in [6, 6.07) is 7.15. The molecule has 5 heteroatoms. The number of benzene rings is 1. The SMILES string of the molecule is C[C@@H]1CCCC[C@@H]1NC(=O)c1cccc(NC(=O)OC(C)(C)C)c1. The molecule has 24 heavy (non-hydrogen) atoms. The van der Waals surface area contributed by atoms with Crippen molar-refractivity contribution in [3.63, 3.8) is 0 Å². The monoisotopic (exact) mass is 332 g/mol. The predicted octanol–water partition coefficient (Wildman–Crippen LogP) is 4.34. The number of carbonyl (C=O) groups excluding carboxylic acids is 2. The second-order valence-electron chi connectivity index (χ2n) is 7.55. The molecule has 1 aromatic carbocycles. The lowest BCUT2D eigenvalue weighted by Crippen LogP contribution is -2.41. The van der Waals surface area contributed by atoms with Crippen LogP contribution in [-0.2, 0) is 4.74 Å². The van der Waals surface area contributed by atoms with Gasteiger partial charge in [-0.05, 0) is 57.7 Å². The molecule has 0 unspecified atom stereocenters. The summed E-state index contributed by atoms with van der Waals surface area (Å²) in [4.78, 5) is 24.3. The topological polar surface area (TPSA) is 67.4 Å². The lowest BCUT2D eigenvalue weighted by Gasteiger charge is -2.29. The van der Waals surface area contributed by atoms with Crippen LogP contribution in [0.15, 0.2) is 24.3 Å². The Bertz CT molecular complexity index is 593. The van der Waals surface area contributed by atoms with Crippen molar-refractivity contribution in [2.45, 2.75) is 65.0 Å². The molecular weight excluding hydrogens is 304 g/mol. The minimum absolute atomic E-state index is 0.0958. The van der Waals surface area contributed by atoms with Crippen LogP contribution in [0.2, 0.25) is 0 Å². The van der Waals surface area contributed by atoms with Crippen molar-refractivity contribution in [1.29, 1.82) is 0 Å². The summed E-state index contributed by atoms with van der Waals surface area (Å²) in [6.45, 7) is 7.61. The molecule has 2 rings (SSSR count). The third kappa shape index (κ3) is 5.55. The highest BCUT2D eigenvalue weighted by Crippen LogP contribution is 2.24. The van der Waals surface area contributed by atoms with Gasteiger partial charge >= 0.3 is 6.09 Å². The van der Waals surface area contributed by atoms with Gasteiger partial charge in [0.25, 0.3) is 5.91 Å². The van der Waals surface area contributed by atoms with Crippen LogP contribution in [0, 0.1) is 5.92 Å². The molecule has 0 aromatic heterocycles. The van der Waals surface area contributed by atoms with Gasteiger partial charge in [-0.1, -0.05) is 25.8 Å². The number of ether oxygens (including phenoxy) is 1. The van der Waals surface area contributed by atoms with Gasteiger partial charge in [0, 0.05) is 17.3 Å². The zero-order valence-corrected chi connectivity index (χ0v) is 15.0. The molecule has 1 aliphatic rings. The molecule has 0 spiro atoms. The fourth-order valence-corrected chi connectivity index (χ4v) is 2.94. The molecular formula is C19H28N2O3. The molecule has 0 saturated heterocycles. The first-order chi connectivity index (χ1) is 11.2. The van der Waals surface area contributed by atoms with E-state index < -0.39 is 11.7 Å². The highest BCUT2D eigenvalue weighted by Gasteiger charge is 2.23. The number of carbonyl (C=O) groups is 2. The number of nitrogens with one attached hydrogen (secondary N) is 2. The van der Waals surface area contributed by atoms with E-state index in [1.54, 1.807) is 24.3 Å². The first kappa shape index (κ1) is 18.3. The van der Waals surface area contributed by atoms with Crippen LogP contribution in [0.1, 0.15) is 63.7 Å². The molecule has 2 N–H and O–H groups in total. The van der Waals surface area contributed by atoms with Gasteiger partial charge in [0.15, 0.2) is 0 Å². The van der Waals surface area contributed by atoms with E-state index in [0.29, 0.717) is 17.2 Å². The molecule has 0 radical (unpaired) electrons. The van der Waals surface area contributed by atoms with Crippen LogP contribution in [0.3, 0.4) is 0 Å². The Kier molecular flexibility index (Phi) is 5.86. The minimum Gasteiger partial charge on any atom is -0.444 e. The molecule has 0 heterocycles. The third-order valence-electron chi connectivity index (χ3n) is 4.20. The van der Waals surface area contributed by atoms with Gasteiger partial charge in [0.2, 0.25) is 0 Å². The number of amides is 2. The Balaban J connectivity index is 1.98. The van der Waals surface area contributed by atoms with E-state index in [-0.39, 0.29) is 11.9 Å². The van der Waals surface area contributed by atoms with E-state index >= 15 is 0 Å². The molecule has 0 aliphatic heterocycles. The predicted molar refractivity (Wildman–Crippen MR) is 95.2 cm³/mol. The second-order valence-corrected chi connectivity index (χ2v) is 7.55. The lowest BCUT2D eigenvalue weighted by molar-refractivity contribution is 0.0635. The van der Waals surface area contributed by atoms with Crippen molar-refractivity contribution >= 4 is 17.7 Å². The Morgan fingerprint density at radius 1 is 1.17 bits per heavy atom. The average molecular weight is 332 g/mol. The number of hydrogen-bond donors (Lipinski definition) is 2. The van der Waals surface area contributed by atoms with E-state index in [2.05, 4.69) is 17.6 Å². The average Bonchev–Trinajstić information content (AvgIpc) is 2.48. The second kappa shape index (κ2) is 7.69. The van der Waals surface area contributed by atoms with Gasteiger partial charge in [-0.3, -0.25) is 10.1 Å².